The van der Waals surface area contributed by atoms with Gasteiger partial charge in [0.15, 0.2) is 31.1 Å². The lowest BCUT2D eigenvalue weighted by Gasteiger charge is -2.47. The molecular formula is C89H85N7O24. The highest BCUT2D eigenvalue weighted by Crippen LogP contribution is 2.41. The van der Waals surface area contributed by atoms with E-state index in [9.17, 15) is 48.7 Å². The van der Waals surface area contributed by atoms with Gasteiger partial charge in [0.1, 0.15) is 69.1 Å². The van der Waals surface area contributed by atoms with Crippen molar-refractivity contribution in [1.82, 2.24) is 16.0 Å². The molecule has 13 rings (SSSR count). The molecule has 3 heterocycles. The van der Waals surface area contributed by atoms with Crippen LogP contribution < -0.4 is 21.7 Å². The standard InChI is InChI=1S/C89H85N7O24/c90-70-76(115-81(101)62-42-24-8-25-43-62)75(114-80(100)61-40-22-7-23-41-61)69(50-92-87(103)107-51-55-28-10-1-11-29-55)113-84(70)116-72-65(54-106-77(97)58-34-16-4-17-35-58)83(120-86(72)119-82(102)63-44-26-9-27-45-63)118-74-67(111-78(98)59-36-18-5-19-37-59)47-46-66(94-88(104)108-52-56-30-12-2-13-31-56)73(74)117-85-71(95-89(105)109-53-57-32-14-3-15-33-57)68(48-64(110-85)49-93-96-91)112-79(99)60-38-20-6-21-39-60/h1-45,64-76,83-86H,46-54,90H2,(H,92,103)(H,94,104)(H,95,105)/t64-,65+,66-,67-,68-,69-,70+,71+,72-,73+,74+,75+,76+,83+,84+,85+,86-/m0/s1. The van der Waals surface area contributed by atoms with Crippen molar-refractivity contribution in [2.75, 3.05) is 19.7 Å². The van der Waals surface area contributed by atoms with Crippen LogP contribution in [0.4, 0.5) is 14.4 Å². The highest BCUT2D eigenvalue weighted by molar-refractivity contribution is 5.92. The van der Waals surface area contributed by atoms with Gasteiger partial charge in [-0.25, -0.2) is 43.2 Å². The number of hydrogen-bond acceptors (Lipinski definition) is 26. The fraction of sp³-hybridized carbons (Fsp3) is 0.292. The van der Waals surface area contributed by atoms with Crippen molar-refractivity contribution in [1.29, 1.82) is 0 Å². The molecule has 620 valence electrons. The first kappa shape index (κ1) is 84.6. The fourth-order valence-electron chi connectivity index (χ4n) is 13.9. The van der Waals surface area contributed by atoms with Crippen molar-refractivity contribution >= 4 is 54.1 Å². The highest BCUT2D eigenvalue weighted by atomic mass is 16.8. The van der Waals surface area contributed by atoms with E-state index >= 15 is 0 Å². The Bertz CT molecular complexity index is 4930. The Morgan fingerprint density at radius 2 is 0.783 bits per heavy atom. The lowest BCUT2D eigenvalue weighted by atomic mass is 9.86. The fourth-order valence-corrected chi connectivity index (χ4v) is 13.9. The number of carbonyl (C=O) groups excluding carboxylic acids is 9. The Labute approximate surface area is 688 Å². The first-order valence-corrected chi connectivity index (χ1v) is 38.7. The van der Waals surface area contributed by atoms with Gasteiger partial charge in [-0.3, -0.25) is 0 Å². The van der Waals surface area contributed by atoms with Crippen LogP contribution in [0.25, 0.3) is 10.4 Å². The predicted molar refractivity (Wildman–Crippen MR) is 423 cm³/mol. The summed E-state index contributed by atoms with van der Waals surface area (Å²) in [6.07, 6.45) is -26.1. The van der Waals surface area contributed by atoms with Gasteiger partial charge in [-0.1, -0.05) is 205 Å². The number of carbonyl (C=O) groups is 9. The van der Waals surface area contributed by atoms with Gasteiger partial charge >= 0.3 is 54.1 Å². The van der Waals surface area contributed by atoms with Crippen LogP contribution in [-0.4, -0.2) is 172 Å². The minimum Gasteiger partial charge on any atom is -0.461 e. The molecule has 3 aliphatic heterocycles. The number of ether oxygens (including phenoxy) is 15. The molecule has 0 aromatic heterocycles. The van der Waals surface area contributed by atoms with E-state index in [1.807, 2.05) is 0 Å². The second kappa shape index (κ2) is 42.2. The minimum atomic E-state index is -2.03. The summed E-state index contributed by atoms with van der Waals surface area (Å²) >= 11 is 0. The summed E-state index contributed by atoms with van der Waals surface area (Å²) in [5.41, 5.74) is 19.3. The molecular weight excluding hydrogens is 1550 g/mol. The van der Waals surface area contributed by atoms with Crippen LogP contribution in [0, 0.1) is 5.92 Å². The molecule has 0 spiro atoms. The Morgan fingerprint density at radius 1 is 0.383 bits per heavy atom. The van der Waals surface area contributed by atoms with Crippen LogP contribution in [0.1, 0.15) is 98.1 Å². The van der Waals surface area contributed by atoms with E-state index in [1.54, 1.807) is 200 Å². The van der Waals surface area contributed by atoms with Gasteiger partial charge in [0.05, 0.1) is 70.6 Å². The third-order valence-electron chi connectivity index (χ3n) is 20.0. The maximum Gasteiger partial charge on any atom is 0.407 e. The summed E-state index contributed by atoms with van der Waals surface area (Å²) < 4.78 is 97.4. The topological polar surface area (TPSA) is 403 Å². The molecule has 3 saturated heterocycles. The molecule has 4 aliphatic rings. The third kappa shape index (κ3) is 23.1. The second-order valence-corrected chi connectivity index (χ2v) is 28.1. The summed E-state index contributed by atoms with van der Waals surface area (Å²) in [7, 11) is 0. The van der Waals surface area contributed by atoms with Crippen molar-refractivity contribution in [2.24, 2.45) is 16.8 Å². The van der Waals surface area contributed by atoms with E-state index in [-0.39, 0.29) is 72.5 Å². The summed E-state index contributed by atoms with van der Waals surface area (Å²) in [4.78, 5) is 134. The zero-order valence-corrected chi connectivity index (χ0v) is 64.4. The van der Waals surface area contributed by atoms with Crippen LogP contribution in [-0.2, 0) is 90.9 Å². The van der Waals surface area contributed by atoms with Crippen molar-refractivity contribution in [3.05, 3.63) is 334 Å². The zero-order chi connectivity index (χ0) is 83.5. The van der Waals surface area contributed by atoms with E-state index in [0.29, 0.717) is 16.7 Å². The molecule has 1 saturated carbocycles. The number of benzene rings is 9. The SMILES string of the molecule is [N-]=[N+]=NC[C@@H]1C[C@H](OC(=O)c2ccccc2)[C@@H](NC(=O)OCc2ccccc2)[C@@H](O[C@H]2[C@H](O[C@@H]3O[C@H](OC(=O)c4ccccc4)[C@@H](O[C@H]4O[C@@H](CNC(=O)OCc5ccccc5)[C@@H](OC(=O)c5ccccc5)[C@H](OC(=O)c5ccccc5)[C@H]4N)[C@H]3COC(=O)c3ccccc3)[C@@H](OC(=O)c3ccccc3)CC[C@@H]2NC(=O)OCc2ccccc2)O1. The largest absolute Gasteiger partial charge is 0.461 e. The first-order chi connectivity index (χ1) is 58.6. The Hall–Kier alpha value is -13.4. The van der Waals surface area contributed by atoms with Gasteiger partial charge in [-0.05, 0) is 108 Å². The molecule has 31 nitrogen and oxygen atoms in total. The van der Waals surface area contributed by atoms with Crippen molar-refractivity contribution in [2.45, 2.75) is 137 Å². The smallest absolute Gasteiger partial charge is 0.407 e. The van der Waals surface area contributed by atoms with Crippen LogP contribution >= 0.6 is 0 Å². The quantitative estimate of drug-likeness (QED) is 0.0103. The van der Waals surface area contributed by atoms with Gasteiger partial charge < -0.3 is 92.7 Å². The van der Waals surface area contributed by atoms with Gasteiger partial charge in [-0.15, -0.1) is 0 Å². The maximum absolute atomic E-state index is 14.9. The molecule has 17 atom stereocenters. The number of azide groups is 1. The predicted octanol–water partition coefficient (Wildman–Crippen LogP) is 11.8. The minimum absolute atomic E-state index is 0.0176. The van der Waals surface area contributed by atoms with E-state index in [2.05, 4.69) is 26.0 Å². The molecule has 9 aromatic rings. The number of alkyl carbamates (subject to hydrolysis) is 3. The Kier molecular flexibility index (Phi) is 29.7. The number of esters is 6. The van der Waals surface area contributed by atoms with E-state index in [1.165, 1.54) is 72.8 Å². The summed E-state index contributed by atoms with van der Waals surface area (Å²) in [5, 5.41) is 12.2. The van der Waals surface area contributed by atoms with Gasteiger partial charge in [0, 0.05) is 11.3 Å². The van der Waals surface area contributed by atoms with E-state index < -0.39 is 178 Å². The number of amides is 3. The average Bonchev–Trinajstić information content (AvgIpc) is 1.39. The molecule has 0 bridgehead atoms. The normalized spacial score (nSPS) is 24.2. The number of hydrogen-bond donors (Lipinski definition) is 4. The third-order valence-corrected chi connectivity index (χ3v) is 20.0. The molecule has 0 unspecified atom stereocenters. The number of nitrogens with two attached hydrogens (primary N) is 1. The van der Waals surface area contributed by atoms with Gasteiger partial charge in [0.25, 0.3) is 0 Å². The first-order valence-electron chi connectivity index (χ1n) is 38.7. The molecule has 120 heavy (non-hydrogen) atoms. The van der Waals surface area contributed by atoms with Crippen LogP contribution in [0.2, 0.25) is 0 Å². The molecule has 0 radical (unpaired) electrons. The average molecular weight is 1640 g/mol. The lowest BCUT2D eigenvalue weighted by molar-refractivity contribution is -0.299. The van der Waals surface area contributed by atoms with Crippen molar-refractivity contribution in [3.63, 3.8) is 0 Å². The monoisotopic (exact) mass is 1640 g/mol. The second-order valence-electron chi connectivity index (χ2n) is 28.1. The van der Waals surface area contributed by atoms with E-state index in [4.69, 9.17) is 76.8 Å². The Balaban J connectivity index is 0.933. The van der Waals surface area contributed by atoms with Crippen LogP contribution in [0.5, 0.6) is 0 Å². The number of nitrogens with one attached hydrogen (secondary N) is 3. The zero-order valence-electron chi connectivity index (χ0n) is 64.4. The molecule has 31 heteroatoms. The van der Waals surface area contributed by atoms with Gasteiger partial charge in [0.2, 0.25) is 6.29 Å². The maximum atomic E-state index is 14.9. The summed E-state index contributed by atoms with van der Waals surface area (Å²) in [5.74, 6) is -7.23. The van der Waals surface area contributed by atoms with Crippen molar-refractivity contribution in [3.8, 4) is 0 Å². The number of nitrogens with zero attached hydrogens (tertiary/aromatic N) is 3. The molecule has 9 aromatic carbocycles. The number of rotatable bonds is 31. The molecule has 1 aliphatic carbocycles. The summed E-state index contributed by atoms with van der Waals surface area (Å²) in [6, 6.07) is 68.4. The molecule has 3 amide bonds. The highest BCUT2D eigenvalue weighted by Gasteiger charge is 2.58. The molecule has 5 N–H and O–H groups in total. The lowest BCUT2D eigenvalue weighted by Crippen LogP contribution is -2.66. The van der Waals surface area contributed by atoms with Crippen LogP contribution in [0.3, 0.4) is 0 Å². The Morgan fingerprint density at radius 3 is 1.26 bits per heavy atom. The van der Waals surface area contributed by atoms with Crippen LogP contribution in [0.15, 0.2) is 278 Å². The van der Waals surface area contributed by atoms with E-state index in [0.717, 1.165) is 0 Å². The summed E-state index contributed by atoms with van der Waals surface area (Å²) in [6.45, 7) is -2.48. The van der Waals surface area contributed by atoms with Gasteiger partial charge in [-0.2, -0.15) is 0 Å². The van der Waals surface area contributed by atoms with Crippen molar-refractivity contribution < 1.29 is 114 Å². The molecule has 4 fully saturated rings.